The molecule has 1 aliphatic carbocycles. The predicted octanol–water partition coefficient (Wildman–Crippen LogP) is 1.85. The Bertz CT molecular complexity index is 219. The lowest BCUT2D eigenvalue weighted by molar-refractivity contribution is -0.131. The van der Waals surface area contributed by atoms with Gasteiger partial charge in [0.15, 0.2) is 0 Å². The molecule has 0 atom stereocenters. The second-order valence-electron chi connectivity index (χ2n) is 4.86. The molecule has 0 aromatic heterocycles. The molecule has 1 fully saturated rings. The summed E-state index contributed by atoms with van der Waals surface area (Å²) in [5, 5.41) is 3.81. The number of alkyl halides is 1. The highest BCUT2D eigenvalue weighted by atomic mass is 79.9. The molecule has 1 rings (SSSR count). The fraction of sp³-hybridized carbons (Fsp3) is 0.900. The van der Waals surface area contributed by atoms with Gasteiger partial charge in [0.05, 0.1) is 5.60 Å². The average molecular weight is 264 g/mol. The molecule has 0 spiro atoms. The standard InChI is InChI=1S/C10H18BrNO2/c1-9(2,3)14-6-8(13)12-10(7-11)4-5-10/h4-7H2,1-3H3,(H,12,13). The number of hydrogen-bond donors (Lipinski definition) is 1. The van der Waals surface area contributed by atoms with Crippen LogP contribution in [0.4, 0.5) is 0 Å². The summed E-state index contributed by atoms with van der Waals surface area (Å²) in [6.45, 7) is 5.98. The number of carbonyl (C=O) groups is 1. The third-order valence-corrected chi connectivity index (χ3v) is 3.22. The van der Waals surface area contributed by atoms with E-state index in [-0.39, 0.29) is 23.7 Å². The minimum atomic E-state index is -0.248. The van der Waals surface area contributed by atoms with E-state index in [2.05, 4.69) is 21.2 Å². The normalized spacial score (nSPS) is 19.1. The van der Waals surface area contributed by atoms with Crippen molar-refractivity contribution < 1.29 is 9.53 Å². The van der Waals surface area contributed by atoms with Crippen molar-refractivity contribution in [3.63, 3.8) is 0 Å². The number of carbonyl (C=O) groups excluding carboxylic acids is 1. The van der Waals surface area contributed by atoms with Crippen LogP contribution in [0.5, 0.6) is 0 Å². The Balaban J connectivity index is 2.23. The van der Waals surface area contributed by atoms with Crippen molar-refractivity contribution in [2.45, 2.75) is 44.8 Å². The van der Waals surface area contributed by atoms with Gasteiger partial charge in [0.1, 0.15) is 6.61 Å². The van der Waals surface area contributed by atoms with Crippen LogP contribution in [0.1, 0.15) is 33.6 Å². The maximum Gasteiger partial charge on any atom is 0.246 e. The van der Waals surface area contributed by atoms with Gasteiger partial charge in [-0.3, -0.25) is 4.79 Å². The van der Waals surface area contributed by atoms with Gasteiger partial charge >= 0.3 is 0 Å². The Hall–Kier alpha value is -0.0900. The van der Waals surface area contributed by atoms with Gasteiger partial charge in [0, 0.05) is 10.9 Å². The zero-order valence-corrected chi connectivity index (χ0v) is 10.6. The molecule has 82 valence electrons. The molecule has 0 heterocycles. The molecule has 0 aromatic rings. The molecule has 0 bridgehead atoms. The van der Waals surface area contributed by atoms with Gasteiger partial charge in [-0.25, -0.2) is 0 Å². The summed E-state index contributed by atoms with van der Waals surface area (Å²) in [4.78, 5) is 11.4. The molecule has 0 radical (unpaired) electrons. The van der Waals surface area contributed by atoms with E-state index in [1.54, 1.807) is 0 Å². The molecule has 1 aliphatic rings. The summed E-state index contributed by atoms with van der Waals surface area (Å²) in [7, 11) is 0. The topological polar surface area (TPSA) is 38.3 Å². The monoisotopic (exact) mass is 263 g/mol. The number of hydrogen-bond acceptors (Lipinski definition) is 2. The van der Waals surface area contributed by atoms with Gasteiger partial charge in [-0.05, 0) is 33.6 Å². The van der Waals surface area contributed by atoms with Gasteiger partial charge in [0.25, 0.3) is 0 Å². The summed E-state index contributed by atoms with van der Waals surface area (Å²) in [5.41, 5.74) is -0.221. The minimum absolute atomic E-state index is 0.0168. The van der Waals surface area contributed by atoms with E-state index < -0.39 is 0 Å². The van der Waals surface area contributed by atoms with Gasteiger partial charge < -0.3 is 10.1 Å². The van der Waals surface area contributed by atoms with E-state index in [1.807, 2.05) is 20.8 Å². The minimum Gasteiger partial charge on any atom is -0.366 e. The van der Waals surface area contributed by atoms with Crippen molar-refractivity contribution in [1.82, 2.24) is 5.32 Å². The lowest BCUT2D eigenvalue weighted by Gasteiger charge is -2.20. The summed E-state index contributed by atoms with van der Waals surface area (Å²) in [6, 6.07) is 0. The highest BCUT2D eigenvalue weighted by molar-refractivity contribution is 9.09. The molecular formula is C10H18BrNO2. The first-order chi connectivity index (χ1) is 6.37. The van der Waals surface area contributed by atoms with E-state index in [9.17, 15) is 4.79 Å². The number of halogens is 1. The predicted molar refractivity (Wildman–Crippen MR) is 59.6 cm³/mol. The van der Waals surface area contributed by atoms with E-state index in [0.29, 0.717) is 0 Å². The number of nitrogens with one attached hydrogen (secondary N) is 1. The third-order valence-electron chi connectivity index (χ3n) is 2.15. The van der Waals surface area contributed by atoms with Gasteiger partial charge in [-0.1, -0.05) is 15.9 Å². The molecule has 4 heteroatoms. The van der Waals surface area contributed by atoms with Crippen molar-refractivity contribution in [2.75, 3.05) is 11.9 Å². The number of ether oxygens (including phenoxy) is 1. The van der Waals surface area contributed by atoms with Crippen molar-refractivity contribution in [3.8, 4) is 0 Å². The largest absolute Gasteiger partial charge is 0.366 e. The molecule has 0 aromatic carbocycles. The van der Waals surface area contributed by atoms with Crippen molar-refractivity contribution in [1.29, 1.82) is 0 Å². The van der Waals surface area contributed by atoms with Gasteiger partial charge in [0.2, 0.25) is 5.91 Å². The molecule has 14 heavy (non-hydrogen) atoms. The first-order valence-corrected chi connectivity index (χ1v) is 6.00. The lowest BCUT2D eigenvalue weighted by Crippen LogP contribution is -2.41. The first kappa shape index (κ1) is 12.0. The summed E-state index contributed by atoms with van der Waals surface area (Å²) in [5.74, 6) is -0.0168. The summed E-state index contributed by atoms with van der Waals surface area (Å²) in [6.07, 6.45) is 2.14. The van der Waals surface area contributed by atoms with Gasteiger partial charge in [-0.2, -0.15) is 0 Å². The molecule has 1 N–H and O–H groups in total. The highest BCUT2D eigenvalue weighted by Gasteiger charge is 2.42. The van der Waals surface area contributed by atoms with Crippen LogP contribution in [0.15, 0.2) is 0 Å². The van der Waals surface area contributed by atoms with E-state index in [0.717, 1.165) is 18.2 Å². The zero-order chi connectivity index (χ0) is 10.8. The third kappa shape index (κ3) is 3.96. The quantitative estimate of drug-likeness (QED) is 0.787. The zero-order valence-electron chi connectivity index (χ0n) is 9.02. The van der Waals surface area contributed by atoms with Crippen LogP contribution in [0.2, 0.25) is 0 Å². The van der Waals surface area contributed by atoms with Gasteiger partial charge in [-0.15, -0.1) is 0 Å². The SMILES string of the molecule is CC(C)(C)OCC(=O)NC1(CBr)CC1. The molecule has 1 saturated carbocycles. The highest BCUT2D eigenvalue weighted by Crippen LogP contribution is 2.36. The van der Waals surface area contributed by atoms with Crippen LogP contribution in [0.3, 0.4) is 0 Å². The van der Waals surface area contributed by atoms with Crippen LogP contribution in [0, 0.1) is 0 Å². The van der Waals surface area contributed by atoms with Crippen molar-refractivity contribution in [3.05, 3.63) is 0 Å². The molecule has 0 aliphatic heterocycles. The lowest BCUT2D eigenvalue weighted by atomic mass is 10.2. The van der Waals surface area contributed by atoms with E-state index in [4.69, 9.17) is 4.74 Å². The van der Waals surface area contributed by atoms with Crippen LogP contribution in [0.25, 0.3) is 0 Å². The smallest absolute Gasteiger partial charge is 0.246 e. The van der Waals surface area contributed by atoms with Crippen LogP contribution >= 0.6 is 15.9 Å². The second-order valence-corrected chi connectivity index (χ2v) is 5.42. The number of rotatable bonds is 4. The second kappa shape index (κ2) is 4.19. The fourth-order valence-electron chi connectivity index (χ4n) is 1.06. The summed E-state index contributed by atoms with van der Waals surface area (Å²) < 4.78 is 5.38. The van der Waals surface area contributed by atoms with Crippen molar-refractivity contribution >= 4 is 21.8 Å². The fourth-order valence-corrected chi connectivity index (χ4v) is 1.76. The molecular weight excluding hydrogens is 246 g/mol. The number of amides is 1. The molecule has 3 nitrogen and oxygen atoms in total. The average Bonchev–Trinajstić information content (AvgIpc) is 2.81. The Morgan fingerprint density at radius 1 is 1.50 bits per heavy atom. The van der Waals surface area contributed by atoms with E-state index in [1.165, 1.54) is 0 Å². The first-order valence-electron chi connectivity index (χ1n) is 4.88. The Labute approximate surface area is 93.7 Å². The van der Waals surface area contributed by atoms with Crippen LogP contribution in [-0.2, 0) is 9.53 Å². The van der Waals surface area contributed by atoms with Crippen LogP contribution < -0.4 is 5.32 Å². The Morgan fingerprint density at radius 2 is 2.07 bits per heavy atom. The molecule has 0 saturated heterocycles. The molecule has 0 unspecified atom stereocenters. The Kier molecular flexibility index (Phi) is 3.58. The maximum atomic E-state index is 11.4. The molecule has 1 amide bonds. The Morgan fingerprint density at radius 3 is 2.43 bits per heavy atom. The van der Waals surface area contributed by atoms with E-state index >= 15 is 0 Å². The van der Waals surface area contributed by atoms with Crippen molar-refractivity contribution in [2.24, 2.45) is 0 Å². The van der Waals surface area contributed by atoms with Crippen LogP contribution in [-0.4, -0.2) is 29.0 Å². The maximum absolute atomic E-state index is 11.4. The summed E-state index contributed by atoms with van der Waals surface area (Å²) >= 11 is 3.40.